The highest BCUT2D eigenvalue weighted by molar-refractivity contribution is 6.33. The van der Waals surface area contributed by atoms with Gasteiger partial charge in [0, 0.05) is 32.2 Å². The van der Waals surface area contributed by atoms with Crippen LogP contribution in [0.5, 0.6) is 0 Å². The number of hydrogen-bond acceptors (Lipinski definition) is 3. The van der Waals surface area contributed by atoms with E-state index < -0.39 is 0 Å². The molecule has 0 aromatic heterocycles. The van der Waals surface area contributed by atoms with E-state index in [0.717, 1.165) is 31.2 Å². The highest BCUT2D eigenvalue weighted by atomic mass is 35.5. The van der Waals surface area contributed by atoms with Gasteiger partial charge in [-0.2, -0.15) is 0 Å². The lowest BCUT2D eigenvalue weighted by atomic mass is 10.1. The highest BCUT2D eigenvalue weighted by Gasteiger charge is 2.24. The van der Waals surface area contributed by atoms with Crippen LogP contribution in [-0.2, 0) is 6.54 Å². The zero-order valence-electron chi connectivity index (χ0n) is 12.1. The normalized spacial score (nSPS) is 20.8. The first-order valence-corrected chi connectivity index (χ1v) is 7.41. The molecule has 0 radical (unpaired) electrons. The Bertz CT molecular complexity index is 422. The van der Waals surface area contributed by atoms with Gasteiger partial charge in [0.1, 0.15) is 0 Å². The van der Waals surface area contributed by atoms with Gasteiger partial charge in [-0.3, -0.25) is 4.90 Å². The van der Waals surface area contributed by atoms with Gasteiger partial charge in [0.2, 0.25) is 0 Å². The Labute approximate surface area is 121 Å². The second kappa shape index (κ2) is 6.60. The summed E-state index contributed by atoms with van der Waals surface area (Å²) in [5, 5.41) is 4.02. The number of hydrogen-bond donors (Lipinski definition) is 1. The number of likely N-dealkylation sites (N-methyl/N-ethyl adjacent to an activating group) is 1. The van der Waals surface area contributed by atoms with Crippen LogP contribution in [0.3, 0.4) is 0 Å². The van der Waals surface area contributed by atoms with E-state index in [2.05, 4.69) is 47.3 Å². The molecule has 1 aliphatic rings. The Morgan fingerprint density at radius 2 is 2.16 bits per heavy atom. The van der Waals surface area contributed by atoms with Crippen molar-refractivity contribution in [2.45, 2.75) is 25.9 Å². The average Bonchev–Trinajstić information content (AvgIpc) is 2.40. The fraction of sp³-hybridized carbons (Fsp3) is 0.600. The molecule has 1 aromatic carbocycles. The molecule has 0 saturated carbocycles. The number of rotatable bonds is 4. The van der Waals surface area contributed by atoms with E-state index in [0.29, 0.717) is 6.04 Å². The van der Waals surface area contributed by atoms with Crippen LogP contribution < -0.4 is 10.2 Å². The molecule has 0 bridgehead atoms. The highest BCUT2D eigenvalue weighted by Crippen LogP contribution is 2.29. The summed E-state index contributed by atoms with van der Waals surface area (Å²) >= 11 is 6.44. The molecule has 1 N–H and O–H groups in total. The first-order valence-electron chi connectivity index (χ1n) is 7.04. The van der Waals surface area contributed by atoms with Gasteiger partial charge < -0.3 is 10.2 Å². The van der Waals surface area contributed by atoms with E-state index in [1.807, 2.05) is 7.05 Å². The second-order valence-electron chi connectivity index (χ2n) is 5.30. The Morgan fingerprint density at radius 1 is 1.37 bits per heavy atom. The van der Waals surface area contributed by atoms with Gasteiger partial charge in [0.15, 0.2) is 0 Å². The first kappa shape index (κ1) is 14.6. The summed E-state index contributed by atoms with van der Waals surface area (Å²) in [5.74, 6) is 0. The largest absolute Gasteiger partial charge is 0.367 e. The molecule has 0 spiro atoms. The Kier molecular flexibility index (Phi) is 5.08. The van der Waals surface area contributed by atoms with Crippen LogP contribution in [0.4, 0.5) is 5.69 Å². The van der Waals surface area contributed by atoms with E-state index in [1.54, 1.807) is 0 Å². The summed E-state index contributed by atoms with van der Waals surface area (Å²) in [7, 11) is 4.16. The molecular weight excluding hydrogens is 258 g/mol. The molecule has 1 saturated heterocycles. The van der Waals surface area contributed by atoms with Crippen molar-refractivity contribution < 1.29 is 0 Å². The zero-order valence-corrected chi connectivity index (χ0v) is 12.9. The fourth-order valence-electron chi connectivity index (χ4n) is 2.73. The molecule has 1 fully saturated rings. The predicted octanol–water partition coefficient (Wildman–Crippen LogP) is 2.59. The number of halogens is 1. The van der Waals surface area contributed by atoms with E-state index >= 15 is 0 Å². The fourth-order valence-corrected chi connectivity index (χ4v) is 3.05. The van der Waals surface area contributed by atoms with Crippen LogP contribution in [0, 0.1) is 0 Å². The maximum Gasteiger partial charge on any atom is 0.0642 e. The molecule has 1 atom stereocenters. The Morgan fingerprint density at radius 3 is 2.79 bits per heavy atom. The Hall–Kier alpha value is -0.770. The van der Waals surface area contributed by atoms with Gasteiger partial charge in [-0.1, -0.05) is 24.6 Å². The number of piperazine rings is 1. The smallest absolute Gasteiger partial charge is 0.0642 e. The lowest BCUT2D eigenvalue weighted by Gasteiger charge is -2.40. The summed E-state index contributed by atoms with van der Waals surface area (Å²) in [6.07, 6.45) is 1.18. The van der Waals surface area contributed by atoms with Crippen molar-refractivity contribution >= 4 is 17.3 Å². The molecule has 2 rings (SSSR count). The summed E-state index contributed by atoms with van der Waals surface area (Å²) in [6.45, 7) is 6.34. The molecule has 1 aromatic rings. The third-order valence-electron chi connectivity index (χ3n) is 3.98. The van der Waals surface area contributed by atoms with Crippen LogP contribution in [-0.4, -0.2) is 44.7 Å². The van der Waals surface area contributed by atoms with Crippen molar-refractivity contribution in [3.05, 3.63) is 28.8 Å². The van der Waals surface area contributed by atoms with Gasteiger partial charge in [0.05, 0.1) is 10.7 Å². The standard InChI is InChI=1S/C15H24ClN3/c1-4-13-11-19(8-7-18(13)3)15-6-5-12(10-17-2)9-14(15)16/h5-6,9,13,17H,4,7-8,10-11H2,1-3H3. The summed E-state index contributed by atoms with van der Waals surface area (Å²) in [5.41, 5.74) is 2.41. The van der Waals surface area contributed by atoms with Gasteiger partial charge in [0.25, 0.3) is 0 Å². The zero-order chi connectivity index (χ0) is 13.8. The van der Waals surface area contributed by atoms with Crippen molar-refractivity contribution in [2.75, 3.05) is 38.6 Å². The lowest BCUT2D eigenvalue weighted by Crippen LogP contribution is -2.51. The minimum atomic E-state index is 0.627. The van der Waals surface area contributed by atoms with Crippen molar-refractivity contribution in [2.24, 2.45) is 0 Å². The summed E-state index contributed by atoms with van der Waals surface area (Å²) < 4.78 is 0. The van der Waals surface area contributed by atoms with Crippen molar-refractivity contribution in [1.29, 1.82) is 0 Å². The summed E-state index contributed by atoms with van der Waals surface area (Å²) in [4.78, 5) is 4.86. The quantitative estimate of drug-likeness (QED) is 0.915. The van der Waals surface area contributed by atoms with E-state index in [4.69, 9.17) is 11.6 Å². The molecule has 1 unspecified atom stereocenters. The van der Waals surface area contributed by atoms with Gasteiger partial charge in [-0.25, -0.2) is 0 Å². The van der Waals surface area contributed by atoms with Crippen LogP contribution >= 0.6 is 11.6 Å². The van der Waals surface area contributed by atoms with E-state index in [9.17, 15) is 0 Å². The molecule has 1 heterocycles. The molecule has 106 valence electrons. The Balaban J connectivity index is 2.13. The number of anilines is 1. The van der Waals surface area contributed by atoms with Crippen LogP contribution in [0.15, 0.2) is 18.2 Å². The van der Waals surface area contributed by atoms with Crippen molar-refractivity contribution in [3.8, 4) is 0 Å². The monoisotopic (exact) mass is 281 g/mol. The topological polar surface area (TPSA) is 18.5 Å². The van der Waals surface area contributed by atoms with Crippen molar-refractivity contribution in [1.82, 2.24) is 10.2 Å². The number of benzene rings is 1. The van der Waals surface area contributed by atoms with E-state index in [1.165, 1.54) is 17.7 Å². The van der Waals surface area contributed by atoms with Crippen LogP contribution in [0.1, 0.15) is 18.9 Å². The molecule has 4 heteroatoms. The lowest BCUT2D eigenvalue weighted by molar-refractivity contribution is 0.213. The molecule has 0 amide bonds. The molecule has 0 aliphatic carbocycles. The predicted molar refractivity (Wildman–Crippen MR) is 83.1 cm³/mol. The molecule has 3 nitrogen and oxygen atoms in total. The SMILES string of the molecule is CCC1CN(c2ccc(CNC)cc2Cl)CCN1C. The molecular formula is C15H24ClN3. The number of nitrogens with zero attached hydrogens (tertiary/aromatic N) is 2. The minimum absolute atomic E-state index is 0.627. The third-order valence-corrected chi connectivity index (χ3v) is 4.28. The molecule has 19 heavy (non-hydrogen) atoms. The number of nitrogens with one attached hydrogen (secondary N) is 1. The first-order chi connectivity index (χ1) is 9.15. The minimum Gasteiger partial charge on any atom is -0.367 e. The summed E-state index contributed by atoms with van der Waals surface area (Å²) in [6, 6.07) is 7.03. The second-order valence-corrected chi connectivity index (χ2v) is 5.71. The average molecular weight is 282 g/mol. The van der Waals surface area contributed by atoms with Crippen LogP contribution in [0.25, 0.3) is 0 Å². The van der Waals surface area contributed by atoms with Crippen LogP contribution in [0.2, 0.25) is 5.02 Å². The van der Waals surface area contributed by atoms with Crippen molar-refractivity contribution in [3.63, 3.8) is 0 Å². The van der Waals surface area contributed by atoms with E-state index in [-0.39, 0.29) is 0 Å². The third kappa shape index (κ3) is 3.41. The molecule has 1 aliphatic heterocycles. The van der Waals surface area contributed by atoms with Gasteiger partial charge >= 0.3 is 0 Å². The maximum absolute atomic E-state index is 6.44. The van der Waals surface area contributed by atoms with Gasteiger partial charge in [-0.05, 0) is 38.2 Å². The maximum atomic E-state index is 6.44. The van der Waals surface area contributed by atoms with Gasteiger partial charge in [-0.15, -0.1) is 0 Å².